The van der Waals surface area contributed by atoms with Crippen molar-refractivity contribution in [2.24, 2.45) is 0 Å². The molecule has 1 aliphatic rings. The van der Waals surface area contributed by atoms with E-state index in [-0.39, 0.29) is 18.2 Å². The summed E-state index contributed by atoms with van der Waals surface area (Å²) >= 11 is 0. The largest absolute Gasteiger partial charge is 0.496 e. The van der Waals surface area contributed by atoms with E-state index in [0.717, 1.165) is 11.3 Å². The van der Waals surface area contributed by atoms with Gasteiger partial charge in [0.05, 0.1) is 7.11 Å². The maximum Gasteiger partial charge on any atom is 0.226 e. The molecule has 1 aliphatic heterocycles. The highest BCUT2D eigenvalue weighted by atomic mass is 16.6. The highest BCUT2D eigenvalue weighted by Crippen LogP contribution is 2.32. The number of methoxy groups -OCH3 is 1. The molecule has 0 spiro atoms. The average molecular weight is 398 g/mol. The average Bonchev–Trinajstić information content (AvgIpc) is 2.73. The molecule has 2 aromatic carbocycles. The maximum absolute atomic E-state index is 12.3. The van der Waals surface area contributed by atoms with Gasteiger partial charge in [-0.2, -0.15) is 0 Å². The molecular formula is C22H26N2O5. The van der Waals surface area contributed by atoms with Crippen molar-refractivity contribution in [2.45, 2.75) is 19.8 Å². The van der Waals surface area contributed by atoms with E-state index in [2.05, 4.69) is 5.32 Å². The van der Waals surface area contributed by atoms with Gasteiger partial charge in [0.15, 0.2) is 11.5 Å². The van der Waals surface area contributed by atoms with E-state index < -0.39 is 0 Å². The minimum absolute atomic E-state index is 0.0629. The van der Waals surface area contributed by atoms with Crippen LogP contribution in [0.1, 0.15) is 18.9 Å². The Morgan fingerprint density at radius 1 is 1.07 bits per heavy atom. The van der Waals surface area contributed by atoms with Gasteiger partial charge in [-0.05, 0) is 30.2 Å². The molecule has 0 radical (unpaired) electrons. The fourth-order valence-corrected chi connectivity index (χ4v) is 3.17. The molecule has 7 heteroatoms. The van der Waals surface area contributed by atoms with E-state index in [1.54, 1.807) is 30.2 Å². The van der Waals surface area contributed by atoms with E-state index in [9.17, 15) is 9.59 Å². The molecule has 0 fully saturated rings. The molecule has 154 valence electrons. The van der Waals surface area contributed by atoms with Gasteiger partial charge in [0.1, 0.15) is 19.0 Å². The van der Waals surface area contributed by atoms with E-state index in [4.69, 9.17) is 14.2 Å². The summed E-state index contributed by atoms with van der Waals surface area (Å²) in [6.45, 7) is 3.40. The molecule has 0 bridgehead atoms. The van der Waals surface area contributed by atoms with Crippen LogP contribution in [0.15, 0.2) is 42.5 Å². The second-order valence-electron chi connectivity index (χ2n) is 6.72. The lowest BCUT2D eigenvalue weighted by atomic mass is 10.1. The summed E-state index contributed by atoms with van der Waals surface area (Å²) in [5.41, 5.74) is 1.67. The maximum atomic E-state index is 12.3. The van der Waals surface area contributed by atoms with Gasteiger partial charge in [0.2, 0.25) is 11.8 Å². The monoisotopic (exact) mass is 398 g/mol. The Bertz CT molecular complexity index is 868. The SMILES string of the molecule is COc1ccccc1CCN(CCC(=O)Nc1ccc2c(c1)OCCO2)C(C)=O. The first-order valence-electron chi connectivity index (χ1n) is 9.63. The van der Waals surface area contributed by atoms with Crippen LogP contribution in [-0.2, 0) is 16.0 Å². The fraction of sp³-hybridized carbons (Fsp3) is 0.364. The van der Waals surface area contributed by atoms with Gasteiger partial charge >= 0.3 is 0 Å². The van der Waals surface area contributed by atoms with Crippen molar-refractivity contribution in [2.75, 3.05) is 38.7 Å². The van der Waals surface area contributed by atoms with Gasteiger partial charge in [0.25, 0.3) is 0 Å². The minimum atomic E-state index is -0.162. The molecule has 0 saturated heterocycles. The number of fused-ring (bicyclic) bond motifs is 1. The van der Waals surface area contributed by atoms with Gasteiger partial charge in [-0.1, -0.05) is 18.2 Å². The molecule has 1 heterocycles. The second kappa shape index (κ2) is 9.82. The molecule has 0 unspecified atom stereocenters. The molecule has 0 aromatic heterocycles. The Kier molecular flexibility index (Phi) is 6.94. The number of rotatable bonds is 8. The van der Waals surface area contributed by atoms with Gasteiger partial charge in [-0.15, -0.1) is 0 Å². The predicted molar refractivity (Wildman–Crippen MR) is 110 cm³/mol. The molecule has 3 rings (SSSR count). The van der Waals surface area contributed by atoms with Crippen LogP contribution in [-0.4, -0.2) is 50.1 Å². The van der Waals surface area contributed by atoms with Crippen molar-refractivity contribution in [3.63, 3.8) is 0 Å². The third kappa shape index (κ3) is 5.63. The fourth-order valence-electron chi connectivity index (χ4n) is 3.17. The Morgan fingerprint density at radius 2 is 1.83 bits per heavy atom. The third-order valence-electron chi connectivity index (χ3n) is 4.72. The summed E-state index contributed by atoms with van der Waals surface area (Å²) in [7, 11) is 1.63. The molecule has 2 amide bonds. The summed E-state index contributed by atoms with van der Waals surface area (Å²) in [6, 6.07) is 13.0. The molecular weight excluding hydrogens is 372 g/mol. The molecule has 2 aromatic rings. The lowest BCUT2D eigenvalue weighted by molar-refractivity contribution is -0.129. The Balaban J connectivity index is 1.52. The highest BCUT2D eigenvalue weighted by Gasteiger charge is 2.15. The zero-order chi connectivity index (χ0) is 20.6. The summed E-state index contributed by atoms with van der Waals surface area (Å²) < 4.78 is 16.4. The highest BCUT2D eigenvalue weighted by molar-refractivity contribution is 5.91. The van der Waals surface area contributed by atoms with Crippen LogP contribution in [0.5, 0.6) is 17.2 Å². The Morgan fingerprint density at radius 3 is 2.59 bits per heavy atom. The van der Waals surface area contributed by atoms with Crippen molar-refractivity contribution < 1.29 is 23.8 Å². The Hall–Kier alpha value is -3.22. The number of nitrogens with one attached hydrogen (secondary N) is 1. The second-order valence-corrected chi connectivity index (χ2v) is 6.72. The van der Waals surface area contributed by atoms with E-state index in [0.29, 0.717) is 49.9 Å². The van der Waals surface area contributed by atoms with Crippen LogP contribution in [0.3, 0.4) is 0 Å². The summed E-state index contributed by atoms with van der Waals surface area (Å²) in [5.74, 6) is 1.87. The van der Waals surface area contributed by atoms with Crippen molar-refractivity contribution in [3.05, 3.63) is 48.0 Å². The first kappa shape index (κ1) is 20.5. The smallest absolute Gasteiger partial charge is 0.226 e. The number of hydrogen-bond acceptors (Lipinski definition) is 5. The molecule has 0 aliphatic carbocycles. The van der Waals surface area contributed by atoms with Crippen LogP contribution in [0, 0.1) is 0 Å². The summed E-state index contributed by atoms with van der Waals surface area (Å²) in [6.07, 6.45) is 0.868. The quantitative estimate of drug-likeness (QED) is 0.740. The lowest BCUT2D eigenvalue weighted by Crippen LogP contribution is -2.33. The molecule has 7 nitrogen and oxygen atoms in total. The van der Waals surface area contributed by atoms with Gasteiger partial charge in [-0.3, -0.25) is 9.59 Å². The number of carbonyl (C=O) groups is 2. The van der Waals surface area contributed by atoms with E-state index in [1.165, 1.54) is 6.92 Å². The van der Waals surface area contributed by atoms with Crippen LogP contribution in [0.25, 0.3) is 0 Å². The van der Waals surface area contributed by atoms with E-state index >= 15 is 0 Å². The number of amides is 2. The molecule has 0 atom stereocenters. The van der Waals surface area contributed by atoms with Gasteiger partial charge < -0.3 is 24.4 Å². The van der Waals surface area contributed by atoms with Gasteiger partial charge in [-0.25, -0.2) is 0 Å². The number of hydrogen-bond donors (Lipinski definition) is 1. The van der Waals surface area contributed by atoms with Crippen molar-refractivity contribution in [3.8, 4) is 17.2 Å². The number of para-hydroxylation sites is 1. The van der Waals surface area contributed by atoms with Crippen LogP contribution in [0.4, 0.5) is 5.69 Å². The third-order valence-corrected chi connectivity index (χ3v) is 4.72. The number of nitrogens with zero attached hydrogens (tertiary/aromatic N) is 1. The minimum Gasteiger partial charge on any atom is -0.496 e. The predicted octanol–water partition coefficient (Wildman–Crippen LogP) is 2.89. The van der Waals surface area contributed by atoms with Crippen molar-refractivity contribution in [1.82, 2.24) is 4.90 Å². The number of carbonyl (C=O) groups excluding carboxylic acids is 2. The first-order valence-corrected chi connectivity index (χ1v) is 9.63. The summed E-state index contributed by atoms with van der Waals surface area (Å²) in [5, 5.41) is 2.85. The standard InChI is InChI=1S/C22H26N2O5/c1-16(25)24(11-9-17-5-3-4-6-19(17)27-2)12-10-22(26)23-18-7-8-20-21(15-18)29-14-13-28-20/h3-8,15H,9-14H2,1-2H3,(H,23,26). The molecule has 1 N–H and O–H groups in total. The Labute approximate surface area is 170 Å². The number of benzene rings is 2. The normalized spacial score (nSPS) is 12.2. The van der Waals surface area contributed by atoms with Crippen LogP contribution in [0.2, 0.25) is 0 Å². The zero-order valence-corrected chi connectivity index (χ0v) is 16.8. The zero-order valence-electron chi connectivity index (χ0n) is 16.8. The molecule has 0 saturated carbocycles. The number of ether oxygens (including phenoxy) is 3. The van der Waals surface area contributed by atoms with Crippen LogP contribution >= 0.6 is 0 Å². The van der Waals surface area contributed by atoms with E-state index in [1.807, 2.05) is 24.3 Å². The molecule has 29 heavy (non-hydrogen) atoms. The van der Waals surface area contributed by atoms with Crippen molar-refractivity contribution >= 4 is 17.5 Å². The first-order chi connectivity index (χ1) is 14.1. The summed E-state index contributed by atoms with van der Waals surface area (Å²) in [4.78, 5) is 26.0. The lowest BCUT2D eigenvalue weighted by Gasteiger charge is -2.22. The topological polar surface area (TPSA) is 77.1 Å². The van der Waals surface area contributed by atoms with Crippen LogP contribution < -0.4 is 19.5 Å². The number of anilines is 1. The van der Waals surface area contributed by atoms with Crippen molar-refractivity contribution in [1.29, 1.82) is 0 Å². The van der Waals surface area contributed by atoms with Gasteiger partial charge in [0, 0.05) is 38.2 Å².